The molecule has 2 N–H and O–H groups in total. The normalized spacial score (nSPS) is 29.2. The van der Waals surface area contributed by atoms with Crippen LogP contribution in [0.15, 0.2) is 0 Å². The van der Waals surface area contributed by atoms with Crippen molar-refractivity contribution in [2.45, 2.75) is 71.6 Å². The topological polar surface area (TPSA) is 43.1 Å². The monoisotopic (exact) mass is 239 g/mol. The minimum absolute atomic E-state index is 0.154. The Morgan fingerprint density at radius 2 is 1.88 bits per heavy atom. The van der Waals surface area contributed by atoms with Crippen molar-refractivity contribution in [2.75, 3.05) is 6.54 Å². The van der Waals surface area contributed by atoms with Gasteiger partial charge in [-0.2, -0.15) is 0 Å². The Labute approximate surface area is 106 Å². The first-order valence-electron chi connectivity index (χ1n) is 7.38. The molecule has 0 aromatic heterocycles. The number of unbranched alkanes of at least 4 members (excludes halogenated alkanes) is 3. The standard InChI is InChI=1S/C15H29NO/c1-3-4-5-6-7-14(17)15(12-16)10-8-13(2)9-11-15/h13H,3-12,16H2,1-2H3. The minimum Gasteiger partial charge on any atom is -0.329 e. The summed E-state index contributed by atoms with van der Waals surface area (Å²) in [5, 5.41) is 0. The second-order valence-electron chi connectivity index (χ2n) is 5.90. The van der Waals surface area contributed by atoms with Gasteiger partial charge in [0, 0.05) is 18.4 Å². The van der Waals surface area contributed by atoms with Crippen LogP contribution in [-0.2, 0) is 4.79 Å². The van der Waals surface area contributed by atoms with Crippen LogP contribution in [0, 0.1) is 11.3 Å². The van der Waals surface area contributed by atoms with Gasteiger partial charge in [-0.3, -0.25) is 4.79 Å². The molecule has 0 aromatic carbocycles. The number of carbonyl (C=O) groups excluding carboxylic acids is 1. The third-order valence-electron chi connectivity index (χ3n) is 4.47. The Morgan fingerprint density at radius 1 is 1.24 bits per heavy atom. The zero-order valence-corrected chi connectivity index (χ0v) is 11.6. The molecule has 1 fully saturated rings. The zero-order valence-electron chi connectivity index (χ0n) is 11.6. The lowest BCUT2D eigenvalue weighted by atomic mass is 9.67. The number of ketones is 1. The average molecular weight is 239 g/mol. The van der Waals surface area contributed by atoms with Gasteiger partial charge in [0.15, 0.2) is 0 Å². The van der Waals surface area contributed by atoms with Crippen molar-refractivity contribution in [3.05, 3.63) is 0 Å². The maximum Gasteiger partial charge on any atom is 0.140 e. The molecule has 0 aliphatic heterocycles. The fourth-order valence-electron chi connectivity index (χ4n) is 2.89. The Balaban J connectivity index is 2.40. The number of nitrogens with two attached hydrogens (primary N) is 1. The molecule has 100 valence electrons. The smallest absolute Gasteiger partial charge is 0.140 e. The fourth-order valence-corrected chi connectivity index (χ4v) is 2.89. The molecule has 0 saturated heterocycles. The lowest BCUT2D eigenvalue weighted by molar-refractivity contribution is -0.130. The van der Waals surface area contributed by atoms with E-state index in [1.54, 1.807) is 0 Å². The number of rotatable bonds is 7. The molecule has 0 bridgehead atoms. The van der Waals surface area contributed by atoms with Crippen molar-refractivity contribution in [1.82, 2.24) is 0 Å². The van der Waals surface area contributed by atoms with Crippen LogP contribution in [0.1, 0.15) is 71.6 Å². The van der Waals surface area contributed by atoms with Crippen LogP contribution in [0.25, 0.3) is 0 Å². The van der Waals surface area contributed by atoms with Gasteiger partial charge in [-0.25, -0.2) is 0 Å². The Kier molecular flexibility index (Phi) is 6.18. The summed E-state index contributed by atoms with van der Waals surface area (Å²) in [6.07, 6.45) is 9.90. The van der Waals surface area contributed by atoms with Gasteiger partial charge in [-0.05, 0) is 38.0 Å². The number of hydrogen-bond donors (Lipinski definition) is 1. The predicted octanol–water partition coefficient (Wildman–Crippen LogP) is 3.68. The number of carbonyl (C=O) groups is 1. The highest BCUT2D eigenvalue weighted by Crippen LogP contribution is 2.39. The first kappa shape index (κ1) is 14.7. The average Bonchev–Trinajstić information content (AvgIpc) is 2.36. The lowest BCUT2D eigenvalue weighted by Crippen LogP contribution is -2.41. The van der Waals surface area contributed by atoms with Crippen LogP contribution < -0.4 is 5.73 Å². The minimum atomic E-state index is -0.154. The summed E-state index contributed by atoms with van der Waals surface area (Å²) in [5.74, 6) is 1.23. The molecule has 1 aliphatic rings. The van der Waals surface area contributed by atoms with Crippen LogP contribution in [0.4, 0.5) is 0 Å². The number of hydrogen-bond acceptors (Lipinski definition) is 2. The molecule has 1 rings (SSSR count). The molecule has 17 heavy (non-hydrogen) atoms. The van der Waals surface area contributed by atoms with Crippen molar-refractivity contribution >= 4 is 5.78 Å². The molecular weight excluding hydrogens is 210 g/mol. The van der Waals surface area contributed by atoms with E-state index in [4.69, 9.17) is 5.73 Å². The van der Waals surface area contributed by atoms with Crippen molar-refractivity contribution < 1.29 is 4.79 Å². The van der Waals surface area contributed by atoms with Gasteiger partial charge in [-0.1, -0.05) is 33.1 Å². The van der Waals surface area contributed by atoms with E-state index in [0.29, 0.717) is 12.3 Å². The molecule has 0 unspecified atom stereocenters. The summed E-state index contributed by atoms with van der Waals surface area (Å²) < 4.78 is 0. The molecular formula is C15H29NO. The van der Waals surface area contributed by atoms with Crippen LogP contribution >= 0.6 is 0 Å². The van der Waals surface area contributed by atoms with E-state index >= 15 is 0 Å². The van der Waals surface area contributed by atoms with E-state index in [1.807, 2.05) is 0 Å². The highest BCUT2D eigenvalue weighted by atomic mass is 16.1. The Hall–Kier alpha value is -0.370. The van der Waals surface area contributed by atoms with Crippen LogP contribution in [0.3, 0.4) is 0 Å². The molecule has 0 aromatic rings. The van der Waals surface area contributed by atoms with E-state index < -0.39 is 0 Å². The van der Waals surface area contributed by atoms with Crippen molar-refractivity contribution in [1.29, 1.82) is 0 Å². The Bertz CT molecular complexity index is 229. The van der Waals surface area contributed by atoms with Gasteiger partial charge >= 0.3 is 0 Å². The summed E-state index contributed by atoms with van der Waals surface area (Å²) in [6, 6.07) is 0. The van der Waals surface area contributed by atoms with Gasteiger partial charge < -0.3 is 5.73 Å². The van der Waals surface area contributed by atoms with Gasteiger partial charge in [0.2, 0.25) is 0 Å². The summed E-state index contributed by atoms with van der Waals surface area (Å²) in [6.45, 7) is 5.05. The van der Waals surface area contributed by atoms with E-state index in [0.717, 1.165) is 31.6 Å². The summed E-state index contributed by atoms with van der Waals surface area (Å²) in [5.41, 5.74) is 5.74. The first-order chi connectivity index (χ1) is 8.14. The molecule has 1 aliphatic carbocycles. The summed E-state index contributed by atoms with van der Waals surface area (Å²) in [4.78, 5) is 12.3. The van der Waals surface area contributed by atoms with E-state index in [2.05, 4.69) is 13.8 Å². The molecule has 2 nitrogen and oxygen atoms in total. The van der Waals surface area contributed by atoms with Gasteiger partial charge in [0.1, 0.15) is 5.78 Å². The maximum absolute atomic E-state index is 12.3. The van der Waals surface area contributed by atoms with Gasteiger partial charge in [0.25, 0.3) is 0 Å². The van der Waals surface area contributed by atoms with Crippen LogP contribution in [0.2, 0.25) is 0 Å². The highest BCUT2D eigenvalue weighted by molar-refractivity contribution is 5.85. The second kappa shape index (κ2) is 7.15. The molecule has 0 spiro atoms. The lowest BCUT2D eigenvalue weighted by Gasteiger charge is -2.37. The largest absolute Gasteiger partial charge is 0.329 e. The van der Waals surface area contributed by atoms with Gasteiger partial charge in [-0.15, -0.1) is 0 Å². The van der Waals surface area contributed by atoms with E-state index in [-0.39, 0.29) is 5.41 Å². The summed E-state index contributed by atoms with van der Waals surface area (Å²) >= 11 is 0. The highest BCUT2D eigenvalue weighted by Gasteiger charge is 2.38. The maximum atomic E-state index is 12.3. The fraction of sp³-hybridized carbons (Fsp3) is 0.933. The quantitative estimate of drug-likeness (QED) is 0.689. The molecule has 1 saturated carbocycles. The predicted molar refractivity (Wildman–Crippen MR) is 72.9 cm³/mol. The molecule has 0 radical (unpaired) electrons. The van der Waals surface area contributed by atoms with Crippen molar-refractivity contribution in [3.63, 3.8) is 0 Å². The molecule has 0 amide bonds. The Morgan fingerprint density at radius 3 is 2.41 bits per heavy atom. The summed E-state index contributed by atoms with van der Waals surface area (Å²) in [7, 11) is 0. The molecule has 0 heterocycles. The van der Waals surface area contributed by atoms with Crippen LogP contribution in [0.5, 0.6) is 0 Å². The van der Waals surface area contributed by atoms with Crippen molar-refractivity contribution in [3.8, 4) is 0 Å². The SMILES string of the molecule is CCCCCCC(=O)C1(CN)CCC(C)CC1. The van der Waals surface area contributed by atoms with E-state index in [9.17, 15) is 4.79 Å². The zero-order chi connectivity index (χ0) is 12.7. The van der Waals surface area contributed by atoms with E-state index in [1.165, 1.54) is 32.1 Å². The third kappa shape index (κ3) is 4.09. The van der Waals surface area contributed by atoms with Crippen LogP contribution in [-0.4, -0.2) is 12.3 Å². The third-order valence-corrected chi connectivity index (χ3v) is 4.47. The molecule has 2 heteroatoms. The van der Waals surface area contributed by atoms with Gasteiger partial charge in [0.05, 0.1) is 0 Å². The second-order valence-corrected chi connectivity index (χ2v) is 5.90. The molecule has 0 atom stereocenters. The van der Waals surface area contributed by atoms with Crippen molar-refractivity contribution in [2.24, 2.45) is 17.1 Å². The first-order valence-corrected chi connectivity index (χ1v) is 7.38. The number of Topliss-reactive ketones (excluding diaryl/α,β-unsaturated/α-hetero) is 1.